The van der Waals surface area contributed by atoms with Gasteiger partial charge in [0.05, 0.1) is 6.54 Å². The lowest BCUT2D eigenvalue weighted by Crippen LogP contribution is -2.43. The highest BCUT2D eigenvalue weighted by molar-refractivity contribution is 5.96. The van der Waals surface area contributed by atoms with E-state index in [0.717, 1.165) is 38.2 Å². The molecule has 5 heteroatoms. The molecule has 2 aromatic carbocycles. The van der Waals surface area contributed by atoms with Crippen molar-refractivity contribution in [2.24, 2.45) is 11.7 Å². The Morgan fingerprint density at radius 3 is 2.43 bits per heavy atom. The van der Waals surface area contributed by atoms with Crippen LogP contribution in [0, 0.1) is 5.92 Å². The van der Waals surface area contributed by atoms with Gasteiger partial charge < -0.3 is 20.1 Å². The standard InChI is InChI=1S/C25H28N4O/c26-16-20-6-1-3-9-23(20)27-14-11-19(12-15-27)25(30)29-18-22-8-5-13-28(22)17-21-7-2-4-10-24(21)29/h1-10,13,19H,11-12,14-18,26H2. The molecular weight excluding hydrogens is 372 g/mol. The SMILES string of the molecule is NCc1ccccc1N1CCC(C(=O)N2Cc3cccn3Cc3ccccc32)CC1. The molecule has 2 aliphatic heterocycles. The molecule has 2 aliphatic rings. The number of piperidine rings is 1. The van der Waals surface area contributed by atoms with Crippen LogP contribution in [0.3, 0.4) is 0 Å². The first kappa shape index (κ1) is 18.9. The van der Waals surface area contributed by atoms with Crippen molar-refractivity contribution in [2.45, 2.75) is 32.5 Å². The van der Waals surface area contributed by atoms with Crippen molar-refractivity contribution in [3.63, 3.8) is 0 Å². The molecule has 154 valence electrons. The predicted molar refractivity (Wildman–Crippen MR) is 120 cm³/mol. The predicted octanol–water partition coefficient (Wildman–Crippen LogP) is 3.76. The van der Waals surface area contributed by atoms with E-state index in [1.54, 1.807) is 0 Å². The normalized spacial score (nSPS) is 16.7. The summed E-state index contributed by atoms with van der Waals surface area (Å²) in [6.07, 6.45) is 3.85. The number of carbonyl (C=O) groups excluding carboxylic acids is 1. The number of aromatic nitrogens is 1. The molecule has 2 N–H and O–H groups in total. The van der Waals surface area contributed by atoms with Crippen LogP contribution in [-0.4, -0.2) is 23.6 Å². The molecule has 0 radical (unpaired) electrons. The van der Waals surface area contributed by atoms with Crippen molar-refractivity contribution in [2.75, 3.05) is 22.9 Å². The maximum atomic E-state index is 13.6. The third kappa shape index (κ3) is 3.39. The molecule has 30 heavy (non-hydrogen) atoms. The molecule has 1 aromatic heterocycles. The number of benzene rings is 2. The summed E-state index contributed by atoms with van der Waals surface area (Å²) in [7, 11) is 0. The molecule has 1 saturated heterocycles. The molecule has 0 unspecified atom stereocenters. The summed E-state index contributed by atoms with van der Waals surface area (Å²) >= 11 is 0. The number of nitrogens with two attached hydrogens (primary N) is 1. The third-order valence-electron chi connectivity index (χ3n) is 6.53. The Kier molecular flexibility index (Phi) is 5.05. The van der Waals surface area contributed by atoms with Crippen LogP contribution in [0.4, 0.5) is 11.4 Å². The second-order valence-electron chi connectivity index (χ2n) is 8.27. The molecule has 1 amide bonds. The minimum Gasteiger partial charge on any atom is -0.371 e. The number of amides is 1. The van der Waals surface area contributed by atoms with Gasteiger partial charge in [-0.1, -0.05) is 36.4 Å². The highest BCUT2D eigenvalue weighted by Crippen LogP contribution is 2.32. The summed E-state index contributed by atoms with van der Waals surface area (Å²) in [6, 6.07) is 20.8. The average molecular weight is 401 g/mol. The number of hydrogen-bond acceptors (Lipinski definition) is 3. The number of anilines is 2. The van der Waals surface area contributed by atoms with Gasteiger partial charge in [0, 0.05) is 55.4 Å². The van der Waals surface area contributed by atoms with E-state index in [0.29, 0.717) is 13.1 Å². The van der Waals surface area contributed by atoms with E-state index in [1.165, 1.54) is 22.5 Å². The van der Waals surface area contributed by atoms with E-state index in [1.807, 2.05) is 17.0 Å². The Labute approximate surface area is 177 Å². The van der Waals surface area contributed by atoms with Crippen molar-refractivity contribution in [3.05, 3.63) is 83.7 Å². The van der Waals surface area contributed by atoms with Gasteiger partial charge in [0.2, 0.25) is 5.91 Å². The highest BCUT2D eigenvalue weighted by Gasteiger charge is 2.32. The zero-order valence-electron chi connectivity index (χ0n) is 17.2. The van der Waals surface area contributed by atoms with Gasteiger partial charge in [0.25, 0.3) is 0 Å². The van der Waals surface area contributed by atoms with E-state index in [2.05, 4.69) is 64.2 Å². The van der Waals surface area contributed by atoms with Crippen LogP contribution in [0.1, 0.15) is 29.7 Å². The Bertz CT molecular complexity index is 1050. The van der Waals surface area contributed by atoms with Crippen LogP contribution < -0.4 is 15.5 Å². The maximum Gasteiger partial charge on any atom is 0.230 e. The van der Waals surface area contributed by atoms with Gasteiger partial charge in [-0.3, -0.25) is 4.79 Å². The van der Waals surface area contributed by atoms with Crippen LogP contribution >= 0.6 is 0 Å². The van der Waals surface area contributed by atoms with Gasteiger partial charge in [-0.25, -0.2) is 0 Å². The van der Waals surface area contributed by atoms with Crippen LogP contribution in [-0.2, 0) is 24.4 Å². The van der Waals surface area contributed by atoms with Crippen molar-refractivity contribution in [3.8, 4) is 0 Å². The first-order chi connectivity index (χ1) is 14.7. The minimum absolute atomic E-state index is 0.0563. The first-order valence-corrected chi connectivity index (χ1v) is 10.8. The maximum absolute atomic E-state index is 13.6. The molecule has 5 rings (SSSR count). The van der Waals surface area contributed by atoms with E-state index >= 15 is 0 Å². The molecule has 0 atom stereocenters. The molecule has 3 heterocycles. The number of carbonyl (C=O) groups is 1. The van der Waals surface area contributed by atoms with E-state index < -0.39 is 0 Å². The Balaban J connectivity index is 1.35. The van der Waals surface area contributed by atoms with E-state index in [9.17, 15) is 4.79 Å². The highest BCUT2D eigenvalue weighted by atomic mass is 16.2. The molecule has 0 aliphatic carbocycles. The summed E-state index contributed by atoms with van der Waals surface area (Å²) in [5.41, 5.74) is 11.8. The minimum atomic E-state index is 0.0563. The number of rotatable bonds is 3. The topological polar surface area (TPSA) is 54.5 Å². The molecule has 3 aromatic rings. The third-order valence-corrected chi connectivity index (χ3v) is 6.53. The lowest BCUT2D eigenvalue weighted by Gasteiger charge is -2.36. The first-order valence-electron chi connectivity index (χ1n) is 10.8. The number of nitrogens with zero attached hydrogens (tertiary/aromatic N) is 3. The summed E-state index contributed by atoms with van der Waals surface area (Å²) in [5, 5.41) is 0. The van der Waals surface area contributed by atoms with Gasteiger partial charge in [-0.2, -0.15) is 0 Å². The second kappa shape index (κ2) is 8.00. The fraction of sp³-hybridized carbons (Fsp3) is 0.320. The number of fused-ring (bicyclic) bond motifs is 2. The lowest BCUT2D eigenvalue weighted by atomic mass is 9.93. The molecule has 0 saturated carbocycles. The molecule has 0 bridgehead atoms. The van der Waals surface area contributed by atoms with Crippen molar-refractivity contribution >= 4 is 17.3 Å². The van der Waals surface area contributed by atoms with Gasteiger partial charge in [-0.05, 0) is 48.2 Å². The Morgan fingerprint density at radius 2 is 1.63 bits per heavy atom. The number of para-hydroxylation sites is 2. The van der Waals surface area contributed by atoms with Gasteiger partial charge in [0.1, 0.15) is 0 Å². The van der Waals surface area contributed by atoms with Gasteiger partial charge in [0.15, 0.2) is 0 Å². The molecule has 5 nitrogen and oxygen atoms in total. The Hall–Kier alpha value is -3.05. The van der Waals surface area contributed by atoms with Crippen LogP contribution in [0.15, 0.2) is 66.9 Å². The van der Waals surface area contributed by atoms with Crippen LogP contribution in [0.2, 0.25) is 0 Å². The molecule has 0 spiro atoms. The van der Waals surface area contributed by atoms with Crippen LogP contribution in [0.25, 0.3) is 0 Å². The fourth-order valence-electron chi connectivity index (χ4n) is 4.86. The van der Waals surface area contributed by atoms with Crippen molar-refractivity contribution in [1.82, 2.24) is 4.57 Å². The van der Waals surface area contributed by atoms with E-state index in [4.69, 9.17) is 5.73 Å². The fourth-order valence-corrected chi connectivity index (χ4v) is 4.86. The van der Waals surface area contributed by atoms with Gasteiger partial charge >= 0.3 is 0 Å². The quantitative estimate of drug-likeness (QED) is 0.728. The zero-order valence-corrected chi connectivity index (χ0v) is 17.2. The second-order valence-corrected chi connectivity index (χ2v) is 8.27. The summed E-state index contributed by atoms with van der Waals surface area (Å²) in [4.78, 5) is 18.0. The average Bonchev–Trinajstić information content (AvgIpc) is 3.17. The summed E-state index contributed by atoms with van der Waals surface area (Å²) in [5.74, 6) is 0.310. The summed E-state index contributed by atoms with van der Waals surface area (Å²) < 4.78 is 2.25. The zero-order chi connectivity index (χ0) is 20.5. The number of hydrogen-bond donors (Lipinski definition) is 1. The summed E-state index contributed by atoms with van der Waals surface area (Å²) in [6.45, 7) is 3.77. The lowest BCUT2D eigenvalue weighted by molar-refractivity contribution is -0.123. The monoisotopic (exact) mass is 400 g/mol. The van der Waals surface area contributed by atoms with Crippen molar-refractivity contribution in [1.29, 1.82) is 0 Å². The molecular formula is C25H28N4O. The Morgan fingerprint density at radius 1 is 0.900 bits per heavy atom. The molecule has 1 fully saturated rings. The van der Waals surface area contributed by atoms with E-state index in [-0.39, 0.29) is 11.8 Å². The smallest absolute Gasteiger partial charge is 0.230 e. The van der Waals surface area contributed by atoms with Crippen LogP contribution in [0.5, 0.6) is 0 Å². The van der Waals surface area contributed by atoms with Gasteiger partial charge in [-0.15, -0.1) is 0 Å². The van der Waals surface area contributed by atoms with Crippen molar-refractivity contribution < 1.29 is 4.79 Å². The largest absolute Gasteiger partial charge is 0.371 e.